The highest BCUT2D eigenvalue weighted by molar-refractivity contribution is 5.96. The monoisotopic (exact) mass is 695 g/mol. The highest BCUT2D eigenvalue weighted by Gasteiger charge is 2.31. The molecule has 0 saturated carbocycles. The molecule has 51 heavy (non-hydrogen) atoms. The van der Waals surface area contributed by atoms with Crippen molar-refractivity contribution in [2.75, 3.05) is 6.54 Å². The van der Waals surface area contributed by atoms with E-state index in [9.17, 15) is 24.0 Å². The first-order valence-corrected chi connectivity index (χ1v) is 16.7. The van der Waals surface area contributed by atoms with Gasteiger partial charge in [-0.2, -0.15) is 0 Å². The number of aromatic amines is 1. The van der Waals surface area contributed by atoms with Crippen molar-refractivity contribution in [3.05, 3.63) is 108 Å². The molecule has 1 aromatic heterocycles. The third-order valence-corrected chi connectivity index (χ3v) is 8.23. The lowest BCUT2D eigenvalue weighted by Crippen LogP contribution is -2.59. The van der Waals surface area contributed by atoms with Crippen molar-refractivity contribution in [2.24, 2.45) is 22.2 Å². The molecular formula is C37H45N9O5. The minimum absolute atomic E-state index is 0.0867. The SMILES string of the molecule is CC(=O)N[C@@H](Cc1ccccc1)C(=O)N[C@H](Cc1ccccc1)C(=O)N[C@@H](CCCN=C(N)N)C(=O)N[C@@H](Cc1c[nH]c2ccccc12)C(N)=O. The molecule has 268 valence electrons. The minimum Gasteiger partial charge on any atom is -0.370 e. The summed E-state index contributed by atoms with van der Waals surface area (Å²) in [6.07, 6.45) is 2.54. The number of nitrogens with one attached hydrogen (secondary N) is 5. The first-order valence-electron chi connectivity index (χ1n) is 16.7. The van der Waals surface area contributed by atoms with E-state index < -0.39 is 53.7 Å². The first kappa shape index (κ1) is 37.6. The maximum absolute atomic E-state index is 14.0. The van der Waals surface area contributed by atoms with E-state index in [4.69, 9.17) is 17.2 Å². The van der Waals surface area contributed by atoms with Crippen molar-refractivity contribution >= 4 is 46.4 Å². The van der Waals surface area contributed by atoms with Crippen LogP contribution in [0.5, 0.6) is 0 Å². The number of carbonyl (C=O) groups excluding carboxylic acids is 5. The van der Waals surface area contributed by atoms with Crippen molar-refractivity contribution in [3.8, 4) is 0 Å². The van der Waals surface area contributed by atoms with E-state index >= 15 is 0 Å². The maximum Gasteiger partial charge on any atom is 0.243 e. The smallest absolute Gasteiger partial charge is 0.243 e. The summed E-state index contributed by atoms with van der Waals surface area (Å²) in [7, 11) is 0. The van der Waals surface area contributed by atoms with E-state index in [1.54, 1.807) is 18.3 Å². The van der Waals surface area contributed by atoms with Gasteiger partial charge >= 0.3 is 0 Å². The Hall–Kier alpha value is -6.18. The quantitative estimate of drug-likeness (QED) is 0.0421. The van der Waals surface area contributed by atoms with Crippen LogP contribution < -0.4 is 38.5 Å². The molecule has 5 amide bonds. The summed E-state index contributed by atoms with van der Waals surface area (Å²) < 4.78 is 0. The van der Waals surface area contributed by atoms with Crippen LogP contribution in [0.15, 0.2) is 96.1 Å². The van der Waals surface area contributed by atoms with Crippen LogP contribution in [-0.2, 0) is 43.2 Å². The molecule has 4 rings (SSSR count). The zero-order valence-corrected chi connectivity index (χ0v) is 28.4. The van der Waals surface area contributed by atoms with E-state index in [0.29, 0.717) is 6.42 Å². The molecule has 0 spiro atoms. The van der Waals surface area contributed by atoms with Gasteiger partial charge in [0.2, 0.25) is 29.5 Å². The Labute approximate surface area is 296 Å². The van der Waals surface area contributed by atoms with Gasteiger partial charge in [-0.1, -0.05) is 78.9 Å². The molecule has 0 aliphatic heterocycles. The number of nitrogens with zero attached hydrogens (tertiary/aromatic N) is 1. The van der Waals surface area contributed by atoms with Gasteiger partial charge in [-0.05, 0) is 35.6 Å². The predicted molar refractivity (Wildman–Crippen MR) is 195 cm³/mol. The van der Waals surface area contributed by atoms with Crippen molar-refractivity contribution in [2.45, 2.75) is 63.2 Å². The van der Waals surface area contributed by atoms with Crippen LogP contribution in [-0.4, -0.2) is 71.2 Å². The van der Waals surface area contributed by atoms with Crippen molar-refractivity contribution in [1.82, 2.24) is 26.3 Å². The van der Waals surface area contributed by atoms with Crippen molar-refractivity contribution in [1.29, 1.82) is 0 Å². The normalized spacial score (nSPS) is 13.2. The third kappa shape index (κ3) is 11.7. The summed E-state index contributed by atoms with van der Waals surface area (Å²) >= 11 is 0. The number of amides is 5. The summed E-state index contributed by atoms with van der Waals surface area (Å²) in [5.41, 5.74) is 19.9. The Morgan fingerprint density at radius 1 is 0.647 bits per heavy atom. The average molecular weight is 696 g/mol. The molecule has 4 aromatic rings. The zero-order chi connectivity index (χ0) is 36.8. The van der Waals surface area contributed by atoms with Crippen LogP contribution in [0.2, 0.25) is 0 Å². The van der Waals surface area contributed by atoms with Crippen LogP contribution >= 0.6 is 0 Å². The molecular weight excluding hydrogens is 650 g/mol. The van der Waals surface area contributed by atoms with Crippen LogP contribution in [0, 0.1) is 0 Å². The third-order valence-electron chi connectivity index (χ3n) is 8.23. The van der Waals surface area contributed by atoms with Gasteiger partial charge in [0.15, 0.2) is 5.96 Å². The summed E-state index contributed by atoms with van der Waals surface area (Å²) in [4.78, 5) is 73.2. The Bertz CT molecular complexity index is 1820. The van der Waals surface area contributed by atoms with Crippen LogP contribution in [0.1, 0.15) is 36.5 Å². The number of fused-ring (bicyclic) bond motifs is 1. The molecule has 1 heterocycles. The van der Waals surface area contributed by atoms with Gasteiger partial charge in [-0.15, -0.1) is 0 Å². The van der Waals surface area contributed by atoms with Gasteiger partial charge in [0.05, 0.1) is 0 Å². The molecule has 0 aliphatic rings. The highest BCUT2D eigenvalue weighted by atomic mass is 16.2. The molecule has 0 fully saturated rings. The number of carbonyl (C=O) groups is 5. The van der Waals surface area contributed by atoms with Gasteiger partial charge in [-0.25, -0.2) is 0 Å². The number of aliphatic imine (C=N–C) groups is 1. The zero-order valence-electron chi connectivity index (χ0n) is 28.4. The highest BCUT2D eigenvalue weighted by Crippen LogP contribution is 2.19. The van der Waals surface area contributed by atoms with Gasteiger partial charge in [0.1, 0.15) is 24.2 Å². The summed E-state index contributed by atoms with van der Waals surface area (Å²) in [5, 5.41) is 11.8. The number of hydrogen-bond acceptors (Lipinski definition) is 6. The second-order valence-electron chi connectivity index (χ2n) is 12.2. The summed E-state index contributed by atoms with van der Waals surface area (Å²) in [6, 6.07) is 21.4. The molecule has 0 aliphatic carbocycles. The van der Waals surface area contributed by atoms with Crippen molar-refractivity contribution in [3.63, 3.8) is 0 Å². The number of rotatable bonds is 18. The molecule has 4 atom stereocenters. The molecule has 11 N–H and O–H groups in total. The first-order chi connectivity index (χ1) is 24.5. The molecule has 0 saturated heterocycles. The second kappa shape index (κ2) is 18.5. The lowest BCUT2D eigenvalue weighted by Gasteiger charge is -2.26. The number of primary amides is 1. The number of guanidine groups is 1. The molecule has 3 aromatic carbocycles. The molecule has 0 bridgehead atoms. The van der Waals surface area contributed by atoms with Crippen molar-refractivity contribution < 1.29 is 24.0 Å². The molecule has 14 heteroatoms. The van der Waals surface area contributed by atoms with Gasteiger partial charge in [0, 0.05) is 49.8 Å². The molecule has 0 unspecified atom stereocenters. The number of aromatic nitrogens is 1. The van der Waals surface area contributed by atoms with E-state index in [1.165, 1.54) is 6.92 Å². The standard InChI is InChI=1S/C37H45N9O5/c1-23(47)43-31(19-24-11-4-2-5-12-24)35(50)46-32(20-25-13-6-3-7-14-25)36(51)44-29(17-10-18-41-37(39)40)34(49)45-30(33(38)48)21-26-22-42-28-16-9-8-15-27(26)28/h2-9,11-16,22,29-32,42H,10,17-21H2,1H3,(H2,38,48)(H,43,47)(H,44,51)(H,45,49)(H,46,50)(H4,39,40,41)/t29-,30-,31-,32+/m0/s1. The Morgan fingerprint density at radius 2 is 1.16 bits per heavy atom. The number of benzene rings is 3. The lowest BCUT2D eigenvalue weighted by molar-refractivity contribution is -0.134. The molecule has 0 radical (unpaired) electrons. The number of nitrogens with two attached hydrogens (primary N) is 3. The van der Waals surface area contributed by atoms with Gasteiger partial charge < -0.3 is 43.5 Å². The minimum atomic E-state index is -1.15. The largest absolute Gasteiger partial charge is 0.370 e. The fourth-order valence-corrected chi connectivity index (χ4v) is 5.70. The summed E-state index contributed by atoms with van der Waals surface area (Å²) in [5.74, 6) is -3.17. The summed E-state index contributed by atoms with van der Waals surface area (Å²) in [6.45, 7) is 1.49. The average Bonchev–Trinajstić information content (AvgIpc) is 3.51. The Balaban J connectivity index is 1.56. The predicted octanol–water partition coefficient (Wildman–Crippen LogP) is 0.694. The fraction of sp³-hybridized carbons (Fsp3) is 0.297. The fourth-order valence-electron chi connectivity index (χ4n) is 5.70. The lowest BCUT2D eigenvalue weighted by atomic mass is 10.0. The van der Waals surface area contributed by atoms with Crippen LogP contribution in [0.25, 0.3) is 10.9 Å². The molecule has 14 nitrogen and oxygen atoms in total. The van der Waals surface area contributed by atoms with Crippen LogP contribution in [0.3, 0.4) is 0 Å². The number of H-pyrrole nitrogens is 1. The maximum atomic E-state index is 14.0. The van der Waals surface area contributed by atoms with Gasteiger partial charge in [-0.3, -0.25) is 29.0 Å². The van der Waals surface area contributed by atoms with E-state index in [0.717, 1.165) is 27.6 Å². The van der Waals surface area contributed by atoms with Gasteiger partial charge in [0.25, 0.3) is 0 Å². The Kier molecular flexibility index (Phi) is 13.7. The van der Waals surface area contributed by atoms with E-state index in [-0.39, 0.29) is 38.2 Å². The van der Waals surface area contributed by atoms with Crippen LogP contribution in [0.4, 0.5) is 0 Å². The Morgan fingerprint density at radius 3 is 1.73 bits per heavy atom. The van der Waals surface area contributed by atoms with E-state index in [1.807, 2.05) is 72.8 Å². The topological polar surface area (TPSA) is 240 Å². The number of para-hydroxylation sites is 1. The number of hydrogen-bond donors (Lipinski definition) is 8. The van der Waals surface area contributed by atoms with E-state index in [2.05, 4.69) is 31.2 Å². The second-order valence-corrected chi connectivity index (χ2v) is 12.2.